The second kappa shape index (κ2) is 8.90. The van der Waals surface area contributed by atoms with Crippen molar-refractivity contribution in [1.29, 1.82) is 5.26 Å². The molecule has 0 saturated heterocycles. The zero-order valence-electron chi connectivity index (χ0n) is 13.5. The smallest absolute Gasteiger partial charge is 0.319 e. The monoisotopic (exact) mass is 394 g/mol. The highest BCUT2D eigenvalue weighted by atomic mass is 35.5. The lowest BCUT2D eigenvalue weighted by Crippen LogP contribution is -2.32. The summed E-state index contributed by atoms with van der Waals surface area (Å²) in [5.74, 6) is -0.967. The maximum Gasteiger partial charge on any atom is 0.319 e. The van der Waals surface area contributed by atoms with Gasteiger partial charge >= 0.3 is 5.97 Å². The molecule has 0 spiro atoms. The SMILES string of the molecule is C[C@@H](OC(=O)[C@@H](C)Sc1ccc(Cl)cc1)C(=O)Nc1sccc1C#N. The highest BCUT2D eigenvalue weighted by Gasteiger charge is 2.23. The molecular weight excluding hydrogens is 380 g/mol. The van der Waals surface area contributed by atoms with Gasteiger partial charge in [-0.3, -0.25) is 9.59 Å². The zero-order chi connectivity index (χ0) is 18.4. The fourth-order valence-electron chi connectivity index (χ4n) is 1.80. The number of anilines is 1. The van der Waals surface area contributed by atoms with E-state index in [4.69, 9.17) is 21.6 Å². The number of carbonyl (C=O) groups is 2. The number of carbonyl (C=O) groups excluding carboxylic acids is 2. The van der Waals surface area contributed by atoms with E-state index in [2.05, 4.69) is 5.32 Å². The van der Waals surface area contributed by atoms with Crippen molar-refractivity contribution < 1.29 is 14.3 Å². The maximum atomic E-state index is 12.2. The average Bonchev–Trinajstić information content (AvgIpc) is 3.03. The van der Waals surface area contributed by atoms with Gasteiger partial charge in [0.1, 0.15) is 16.3 Å². The van der Waals surface area contributed by atoms with Gasteiger partial charge in [-0.1, -0.05) is 11.6 Å². The van der Waals surface area contributed by atoms with Crippen molar-refractivity contribution >= 4 is 51.6 Å². The summed E-state index contributed by atoms with van der Waals surface area (Å²) in [6.45, 7) is 3.20. The van der Waals surface area contributed by atoms with Crippen LogP contribution in [-0.2, 0) is 14.3 Å². The molecule has 0 bridgehead atoms. The number of halogens is 1. The number of hydrogen-bond acceptors (Lipinski definition) is 6. The van der Waals surface area contributed by atoms with E-state index in [0.29, 0.717) is 15.6 Å². The molecule has 0 aliphatic rings. The second-order valence-electron chi connectivity index (χ2n) is 5.06. The van der Waals surface area contributed by atoms with Crippen molar-refractivity contribution in [3.63, 3.8) is 0 Å². The Kier molecular flexibility index (Phi) is 6.88. The highest BCUT2D eigenvalue weighted by molar-refractivity contribution is 8.00. The minimum Gasteiger partial charge on any atom is -0.452 e. The summed E-state index contributed by atoms with van der Waals surface area (Å²) < 4.78 is 5.22. The topological polar surface area (TPSA) is 79.2 Å². The molecule has 1 aromatic carbocycles. The Morgan fingerprint density at radius 2 is 1.96 bits per heavy atom. The first-order valence-electron chi connectivity index (χ1n) is 7.32. The molecule has 1 N–H and O–H groups in total. The van der Waals surface area contributed by atoms with Crippen LogP contribution in [0, 0.1) is 11.3 Å². The summed E-state index contributed by atoms with van der Waals surface area (Å²) in [4.78, 5) is 25.2. The van der Waals surface area contributed by atoms with Gasteiger partial charge in [0.25, 0.3) is 5.91 Å². The molecule has 0 unspecified atom stereocenters. The summed E-state index contributed by atoms with van der Waals surface area (Å²) in [7, 11) is 0. The minimum atomic E-state index is -0.964. The number of thioether (sulfide) groups is 1. The molecule has 0 fully saturated rings. The molecule has 1 aromatic heterocycles. The lowest BCUT2D eigenvalue weighted by atomic mass is 10.3. The number of hydrogen-bond donors (Lipinski definition) is 1. The third-order valence-corrected chi connectivity index (χ3v) is 5.32. The molecule has 130 valence electrons. The molecule has 25 heavy (non-hydrogen) atoms. The molecule has 2 atom stereocenters. The first-order chi connectivity index (χ1) is 11.9. The number of nitrogens with one attached hydrogen (secondary N) is 1. The van der Waals surface area contributed by atoms with Gasteiger partial charge in [-0.05, 0) is 49.6 Å². The van der Waals surface area contributed by atoms with E-state index < -0.39 is 23.2 Å². The van der Waals surface area contributed by atoms with Gasteiger partial charge in [-0.25, -0.2) is 0 Å². The molecule has 2 rings (SSSR count). The van der Waals surface area contributed by atoms with Crippen LogP contribution in [-0.4, -0.2) is 23.2 Å². The first-order valence-corrected chi connectivity index (χ1v) is 9.45. The summed E-state index contributed by atoms with van der Waals surface area (Å²) in [5, 5.41) is 13.8. The predicted molar refractivity (Wildman–Crippen MR) is 100.0 cm³/mol. The second-order valence-corrected chi connectivity index (χ2v) is 7.82. The van der Waals surface area contributed by atoms with Crippen LogP contribution < -0.4 is 5.32 Å². The van der Waals surface area contributed by atoms with Gasteiger partial charge in [0.2, 0.25) is 0 Å². The van der Waals surface area contributed by atoms with Gasteiger partial charge in [-0.15, -0.1) is 23.1 Å². The summed E-state index contributed by atoms with van der Waals surface area (Å²) in [5.41, 5.74) is 0.378. The molecule has 1 amide bonds. The number of thiophene rings is 1. The van der Waals surface area contributed by atoms with Crippen LogP contribution in [0.5, 0.6) is 0 Å². The Hall–Kier alpha value is -2.01. The van der Waals surface area contributed by atoms with Crippen LogP contribution in [0.15, 0.2) is 40.6 Å². The lowest BCUT2D eigenvalue weighted by Gasteiger charge is -2.16. The highest BCUT2D eigenvalue weighted by Crippen LogP contribution is 2.26. The lowest BCUT2D eigenvalue weighted by molar-refractivity contribution is -0.152. The Morgan fingerprint density at radius 1 is 1.28 bits per heavy atom. The molecule has 0 aliphatic heterocycles. The summed E-state index contributed by atoms with van der Waals surface area (Å²) >= 11 is 8.39. The van der Waals surface area contributed by atoms with Crippen molar-refractivity contribution in [3.05, 3.63) is 46.3 Å². The van der Waals surface area contributed by atoms with Crippen molar-refractivity contribution in [2.75, 3.05) is 5.32 Å². The fourth-order valence-corrected chi connectivity index (χ4v) is 3.52. The predicted octanol–water partition coefficient (Wildman–Crippen LogP) is 4.32. The Bertz CT molecular complexity index is 799. The van der Waals surface area contributed by atoms with Gasteiger partial charge in [0, 0.05) is 9.92 Å². The minimum absolute atomic E-state index is 0.378. The molecule has 5 nitrogen and oxygen atoms in total. The van der Waals surface area contributed by atoms with E-state index >= 15 is 0 Å². The largest absolute Gasteiger partial charge is 0.452 e. The van der Waals surface area contributed by atoms with E-state index in [1.165, 1.54) is 30.0 Å². The van der Waals surface area contributed by atoms with Gasteiger partial charge in [-0.2, -0.15) is 5.26 Å². The normalized spacial score (nSPS) is 12.7. The Morgan fingerprint density at radius 3 is 2.60 bits per heavy atom. The Balaban J connectivity index is 1.89. The third kappa shape index (κ3) is 5.49. The first kappa shape index (κ1) is 19.3. The van der Waals surface area contributed by atoms with E-state index in [0.717, 1.165) is 4.90 Å². The molecule has 8 heteroatoms. The fraction of sp³-hybridized carbons (Fsp3) is 0.235. The number of rotatable bonds is 6. The third-order valence-electron chi connectivity index (χ3n) is 3.14. The van der Waals surface area contributed by atoms with Gasteiger partial charge < -0.3 is 10.1 Å². The number of ether oxygens (including phenoxy) is 1. The molecule has 0 aliphatic carbocycles. The van der Waals surface area contributed by atoms with Crippen LogP contribution in [0.25, 0.3) is 0 Å². The van der Waals surface area contributed by atoms with Crippen LogP contribution in [0.3, 0.4) is 0 Å². The molecule has 0 saturated carbocycles. The standard InChI is InChI=1S/C17H15ClN2O3S2/c1-10(15(21)20-16-12(9-19)7-8-24-16)23-17(22)11(2)25-14-5-3-13(18)4-6-14/h3-8,10-11H,1-2H3,(H,20,21)/t10-,11-/m1/s1. The van der Waals surface area contributed by atoms with Gasteiger partial charge in [0.05, 0.1) is 5.56 Å². The van der Waals surface area contributed by atoms with E-state index in [1.54, 1.807) is 30.5 Å². The summed E-state index contributed by atoms with van der Waals surface area (Å²) in [6.07, 6.45) is -0.964. The molecule has 2 aromatic rings. The number of esters is 1. The molecule has 0 radical (unpaired) electrons. The van der Waals surface area contributed by atoms with Crippen molar-refractivity contribution in [2.24, 2.45) is 0 Å². The average molecular weight is 395 g/mol. The Labute approximate surface area is 158 Å². The molecular formula is C17H15ClN2O3S2. The zero-order valence-corrected chi connectivity index (χ0v) is 15.9. The summed E-state index contributed by atoms with van der Waals surface area (Å²) in [6, 6.07) is 10.7. The van der Waals surface area contributed by atoms with Crippen molar-refractivity contribution in [1.82, 2.24) is 0 Å². The molecule has 1 heterocycles. The van der Waals surface area contributed by atoms with Crippen LogP contribution in [0.1, 0.15) is 19.4 Å². The maximum absolute atomic E-state index is 12.2. The van der Waals surface area contributed by atoms with Gasteiger partial charge in [0.15, 0.2) is 6.10 Å². The van der Waals surface area contributed by atoms with Crippen LogP contribution in [0.2, 0.25) is 5.02 Å². The number of benzene rings is 1. The van der Waals surface area contributed by atoms with Crippen LogP contribution >= 0.6 is 34.7 Å². The number of nitriles is 1. The van der Waals surface area contributed by atoms with Crippen molar-refractivity contribution in [3.8, 4) is 6.07 Å². The van der Waals surface area contributed by atoms with E-state index in [1.807, 2.05) is 18.2 Å². The number of nitrogens with zero attached hydrogens (tertiary/aromatic N) is 1. The van der Waals surface area contributed by atoms with Crippen molar-refractivity contribution in [2.45, 2.75) is 30.1 Å². The number of amides is 1. The van der Waals surface area contributed by atoms with E-state index in [9.17, 15) is 9.59 Å². The van der Waals surface area contributed by atoms with E-state index in [-0.39, 0.29) is 0 Å². The quantitative estimate of drug-likeness (QED) is 0.582. The van der Waals surface area contributed by atoms with Crippen LogP contribution in [0.4, 0.5) is 5.00 Å².